The first-order valence-corrected chi connectivity index (χ1v) is 10.5. The summed E-state index contributed by atoms with van der Waals surface area (Å²) in [5.41, 5.74) is 3.80. The van der Waals surface area contributed by atoms with Gasteiger partial charge in [0.25, 0.3) is 5.91 Å². The molecule has 1 amide bonds. The molecule has 5 nitrogen and oxygen atoms in total. The molecule has 6 heteroatoms. The Labute approximate surface area is 175 Å². The van der Waals surface area contributed by atoms with E-state index in [2.05, 4.69) is 28.6 Å². The van der Waals surface area contributed by atoms with Crippen LogP contribution in [0.25, 0.3) is 10.9 Å². The highest BCUT2D eigenvalue weighted by Gasteiger charge is 2.24. The van der Waals surface area contributed by atoms with Gasteiger partial charge in [-0.15, -0.1) is 0 Å². The van der Waals surface area contributed by atoms with Crippen LogP contribution < -0.4 is 5.32 Å². The minimum Gasteiger partial charge on any atom is -0.344 e. The Morgan fingerprint density at radius 3 is 3.00 bits per heavy atom. The van der Waals surface area contributed by atoms with Crippen LogP contribution in [0.5, 0.6) is 0 Å². The fourth-order valence-corrected chi connectivity index (χ4v) is 4.26. The molecule has 1 aromatic heterocycles. The zero-order chi connectivity index (χ0) is 20.2. The molecule has 0 fully saturated rings. The van der Waals surface area contributed by atoms with Gasteiger partial charge in [-0.2, -0.15) is 10.4 Å². The zero-order valence-corrected chi connectivity index (χ0v) is 17.0. The van der Waals surface area contributed by atoms with E-state index in [0.29, 0.717) is 23.7 Å². The maximum Gasteiger partial charge on any atom is 0.272 e. The summed E-state index contributed by atoms with van der Waals surface area (Å²) in [4.78, 5) is 13.2. The van der Waals surface area contributed by atoms with Crippen LogP contribution in [0.15, 0.2) is 42.5 Å². The maximum atomic E-state index is 13.2. The smallest absolute Gasteiger partial charge is 0.272 e. The molecule has 1 aliphatic rings. The van der Waals surface area contributed by atoms with Crippen molar-refractivity contribution in [2.24, 2.45) is 0 Å². The molecule has 0 saturated heterocycles. The van der Waals surface area contributed by atoms with E-state index in [1.165, 1.54) is 11.1 Å². The highest BCUT2D eigenvalue weighted by molar-refractivity contribution is 6.31. The molecular weight excluding hydrogens is 384 g/mol. The zero-order valence-electron chi connectivity index (χ0n) is 16.2. The van der Waals surface area contributed by atoms with Gasteiger partial charge in [0.1, 0.15) is 0 Å². The van der Waals surface area contributed by atoms with Crippen molar-refractivity contribution in [2.45, 2.75) is 51.1 Å². The molecule has 148 valence electrons. The van der Waals surface area contributed by atoms with Crippen molar-refractivity contribution in [3.05, 3.63) is 64.3 Å². The first kappa shape index (κ1) is 19.5. The Bertz CT molecular complexity index is 1080. The van der Waals surface area contributed by atoms with Crippen LogP contribution in [0.3, 0.4) is 0 Å². The Hall–Kier alpha value is -2.84. The molecule has 0 bridgehead atoms. The second-order valence-electron chi connectivity index (χ2n) is 7.47. The van der Waals surface area contributed by atoms with Crippen molar-refractivity contribution in [1.29, 1.82) is 5.26 Å². The number of carbonyl (C=O) groups is 1. The average molecular weight is 407 g/mol. The van der Waals surface area contributed by atoms with Gasteiger partial charge in [0, 0.05) is 23.4 Å². The van der Waals surface area contributed by atoms with Crippen molar-refractivity contribution < 1.29 is 4.79 Å². The summed E-state index contributed by atoms with van der Waals surface area (Å²) < 4.78 is 1.85. The summed E-state index contributed by atoms with van der Waals surface area (Å²) >= 11 is 6.20. The van der Waals surface area contributed by atoms with Crippen LogP contribution >= 0.6 is 11.6 Å². The second-order valence-corrected chi connectivity index (χ2v) is 7.90. The highest BCUT2D eigenvalue weighted by atomic mass is 35.5. The molecule has 1 atom stereocenters. The molecule has 1 heterocycles. The quantitative estimate of drug-likeness (QED) is 0.572. The third kappa shape index (κ3) is 4.13. The van der Waals surface area contributed by atoms with Gasteiger partial charge >= 0.3 is 0 Å². The van der Waals surface area contributed by atoms with Crippen LogP contribution in [0.4, 0.5) is 0 Å². The number of hydrogen-bond donors (Lipinski definition) is 1. The van der Waals surface area contributed by atoms with E-state index in [1.807, 2.05) is 28.9 Å². The van der Waals surface area contributed by atoms with Crippen LogP contribution in [0, 0.1) is 11.3 Å². The Morgan fingerprint density at radius 1 is 1.28 bits per heavy atom. The summed E-state index contributed by atoms with van der Waals surface area (Å²) in [6.07, 6.45) is 5.21. The SMILES string of the molecule is N#CCCCCn1nc(C(=O)N[C@H]2CCCc3ccccc32)c2cc(Cl)ccc21. The molecule has 0 spiro atoms. The highest BCUT2D eigenvalue weighted by Crippen LogP contribution is 2.30. The van der Waals surface area contributed by atoms with E-state index >= 15 is 0 Å². The van der Waals surface area contributed by atoms with Crippen LogP contribution in [0.2, 0.25) is 5.02 Å². The third-order valence-corrected chi connectivity index (χ3v) is 5.75. The summed E-state index contributed by atoms with van der Waals surface area (Å²) in [7, 11) is 0. The summed E-state index contributed by atoms with van der Waals surface area (Å²) in [6.45, 7) is 0.666. The van der Waals surface area contributed by atoms with Crippen molar-refractivity contribution in [3.63, 3.8) is 0 Å². The largest absolute Gasteiger partial charge is 0.344 e. The predicted molar refractivity (Wildman–Crippen MR) is 114 cm³/mol. The van der Waals surface area contributed by atoms with Gasteiger partial charge in [0.05, 0.1) is 17.6 Å². The van der Waals surface area contributed by atoms with Gasteiger partial charge in [-0.25, -0.2) is 0 Å². The van der Waals surface area contributed by atoms with Crippen molar-refractivity contribution in [3.8, 4) is 6.07 Å². The number of nitrogens with zero attached hydrogens (tertiary/aromatic N) is 3. The number of rotatable bonds is 6. The van der Waals surface area contributed by atoms with Gasteiger partial charge in [-0.05, 0) is 61.4 Å². The average Bonchev–Trinajstić information content (AvgIpc) is 3.09. The number of unbranched alkanes of at least 4 members (excludes halogenated alkanes) is 2. The van der Waals surface area contributed by atoms with E-state index < -0.39 is 0 Å². The molecule has 3 aromatic rings. The van der Waals surface area contributed by atoms with E-state index in [9.17, 15) is 4.79 Å². The van der Waals surface area contributed by atoms with Crippen LogP contribution in [-0.2, 0) is 13.0 Å². The molecular formula is C23H23ClN4O. The monoisotopic (exact) mass is 406 g/mol. The van der Waals surface area contributed by atoms with Crippen LogP contribution in [-0.4, -0.2) is 15.7 Å². The topological polar surface area (TPSA) is 70.7 Å². The number of benzene rings is 2. The third-order valence-electron chi connectivity index (χ3n) is 5.51. The number of carbonyl (C=O) groups excluding carboxylic acids is 1. The molecule has 0 unspecified atom stereocenters. The number of aryl methyl sites for hydroxylation is 2. The Balaban J connectivity index is 1.61. The molecule has 1 aliphatic carbocycles. The van der Waals surface area contributed by atoms with Gasteiger partial charge in [-0.1, -0.05) is 35.9 Å². The lowest BCUT2D eigenvalue weighted by molar-refractivity contribution is 0.0928. The minimum absolute atomic E-state index is 0.00228. The van der Waals surface area contributed by atoms with Gasteiger partial charge in [-0.3, -0.25) is 9.48 Å². The van der Waals surface area contributed by atoms with E-state index in [0.717, 1.165) is 43.0 Å². The van der Waals surface area contributed by atoms with E-state index in [-0.39, 0.29) is 11.9 Å². The number of amides is 1. The van der Waals surface area contributed by atoms with Gasteiger partial charge in [0.2, 0.25) is 0 Å². The number of halogens is 1. The summed E-state index contributed by atoms with van der Waals surface area (Å²) in [5.74, 6) is -0.172. The molecule has 4 rings (SSSR count). The summed E-state index contributed by atoms with van der Waals surface area (Å²) in [5, 5.41) is 17.9. The number of nitrogens with one attached hydrogen (secondary N) is 1. The molecule has 1 N–H and O–H groups in total. The predicted octanol–water partition coefficient (Wildman–Crippen LogP) is 5.19. The molecule has 2 aromatic carbocycles. The number of nitriles is 1. The fourth-order valence-electron chi connectivity index (χ4n) is 4.09. The molecule has 0 saturated carbocycles. The number of fused-ring (bicyclic) bond motifs is 2. The number of hydrogen-bond acceptors (Lipinski definition) is 3. The maximum absolute atomic E-state index is 13.2. The van der Waals surface area contributed by atoms with Crippen LogP contribution in [0.1, 0.15) is 59.8 Å². The lowest BCUT2D eigenvalue weighted by atomic mass is 9.87. The van der Waals surface area contributed by atoms with Gasteiger partial charge in [0.15, 0.2) is 5.69 Å². The van der Waals surface area contributed by atoms with Crippen molar-refractivity contribution in [1.82, 2.24) is 15.1 Å². The summed E-state index contributed by atoms with van der Waals surface area (Å²) in [6, 6.07) is 16.0. The first-order valence-electron chi connectivity index (χ1n) is 10.1. The van der Waals surface area contributed by atoms with Gasteiger partial charge < -0.3 is 5.32 Å². The molecule has 29 heavy (non-hydrogen) atoms. The molecule has 0 aliphatic heterocycles. The standard InChI is InChI=1S/C23H23ClN4O/c24-17-11-12-21-19(15-17)22(27-28(21)14-5-1-4-13-25)23(29)26-20-10-6-8-16-7-2-3-9-18(16)20/h2-3,7,9,11-12,15,20H,1,4-6,8,10,14H2,(H,26,29)/t20-/m0/s1. The number of aromatic nitrogens is 2. The molecule has 0 radical (unpaired) electrons. The van der Waals surface area contributed by atoms with E-state index in [4.69, 9.17) is 16.9 Å². The minimum atomic E-state index is -0.172. The van der Waals surface area contributed by atoms with Crippen molar-refractivity contribution >= 4 is 28.4 Å². The lowest BCUT2D eigenvalue weighted by Gasteiger charge is -2.26. The van der Waals surface area contributed by atoms with Crippen molar-refractivity contribution in [2.75, 3.05) is 0 Å². The second kappa shape index (κ2) is 8.67. The fraction of sp³-hybridized carbons (Fsp3) is 0.348. The Kier molecular flexibility index (Phi) is 5.82. The normalized spacial score (nSPS) is 15.7. The lowest BCUT2D eigenvalue weighted by Crippen LogP contribution is -2.31. The Morgan fingerprint density at radius 2 is 2.14 bits per heavy atom. The van der Waals surface area contributed by atoms with E-state index in [1.54, 1.807) is 6.07 Å². The first-order chi connectivity index (χ1) is 14.2.